The highest BCUT2D eigenvalue weighted by molar-refractivity contribution is 5.80. The molecule has 0 radical (unpaired) electrons. The summed E-state index contributed by atoms with van der Waals surface area (Å²) in [5.74, 6) is -0.418. The molecule has 0 heterocycles. The van der Waals surface area contributed by atoms with Crippen molar-refractivity contribution >= 4 is 11.6 Å². The van der Waals surface area contributed by atoms with Crippen molar-refractivity contribution in [2.45, 2.75) is 13.5 Å². The minimum Gasteiger partial charge on any atom is -0.368 e. The highest BCUT2D eigenvalue weighted by Gasteiger charge is 2.10. The smallest absolute Gasteiger partial charge is 0.236 e. The summed E-state index contributed by atoms with van der Waals surface area (Å²) in [7, 11) is 1.74. The highest BCUT2D eigenvalue weighted by atomic mass is 16.1. The van der Waals surface area contributed by atoms with E-state index in [1.807, 2.05) is 25.1 Å². The van der Waals surface area contributed by atoms with E-state index in [9.17, 15) is 4.79 Å². The highest BCUT2D eigenvalue weighted by Crippen LogP contribution is 2.20. The number of carbonyl (C=O) groups excluding carboxylic acids is 1. The molecule has 1 aromatic rings. The van der Waals surface area contributed by atoms with Crippen molar-refractivity contribution in [3.05, 3.63) is 29.3 Å². The molecule has 96 valence electrons. The second-order valence-electron chi connectivity index (χ2n) is 4.07. The molecule has 0 bridgehead atoms. The number of rotatable bonds is 6. The Hall–Kier alpha value is -2.06. The van der Waals surface area contributed by atoms with Crippen LogP contribution in [-0.4, -0.2) is 26.0 Å². The first kappa shape index (κ1) is 14.0. The lowest BCUT2D eigenvalue weighted by atomic mass is 10.1. The molecule has 1 amide bonds. The van der Waals surface area contributed by atoms with Gasteiger partial charge < -0.3 is 16.0 Å². The predicted octanol–water partition coefficient (Wildman–Crippen LogP) is 0.589. The first-order chi connectivity index (χ1) is 8.58. The van der Waals surface area contributed by atoms with Gasteiger partial charge in [0.15, 0.2) is 0 Å². The molecule has 0 saturated carbocycles. The van der Waals surface area contributed by atoms with E-state index in [-0.39, 0.29) is 6.54 Å². The molecule has 0 spiro atoms. The van der Waals surface area contributed by atoms with Crippen molar-refractivity contribution in [3.8, 4) is 6.07 Å². The van der Waals surface area contributed by atoms with E-state index in [1.165, 1.54) is 0 Å². The van der Waals surface area contributed by atoms with Crippen LogP contribution in [0.4, 0.5) is 5.69 Å². The van der Waals surface area contributed by atoms with Crippen LogP contribution < -0.4 is 16.0 Å². The third kappa shape index (κ3) is 3.75. The molecule has 1 rings (SSSR count). The molecular formula is C13H18N4O. The van der Waals surface area contributed by atoms with Crippen molar-refractivity contribution in [2.75, 3.05) is 25.0 Å². The fraction of sp³-hybridized carbons (Fsp3) is 0.385. The fourth-order valence-corrected chi connectivity index (χ4v) is 1.70. The molecule has 5 nitrogen and oxygen atoms in total. The lowest BCUT2D eigenvalue weighted by Crippen LogP contribution is -2.31. The van der Waals surface area contributed by atoms with Gasteiger partial charge in [0.2, 0.25) is 5.91 Å². The number of hydrogen-bond acceptors (Lipinski definition) is 4. The summed E-state index contributed by atoms with van der Waals surface area (Å²) in [5.41, 5.74) is 7.46. The third-order valence-corrected chi connectivity index (χ3v) is 2.56. The molecule has 0 fully saturated rings. The standard InChI is InChI=1S/C13H18N4O/c1-3-16-8-10-4-5-12(11(6-10)7-14)17(2)9-13(15)18/h4-6,16H,3,8-9H2,1-2H3,(H2,15,18). The summed E-state index contributed by atoms with van der Waals surface area (Å²) >= 11 is 0. The van der Waals surface area contributed by atoms with E-state index >= 15 is 0 Å². The van der Waals surface area contributed by atoms with E-state index in [0.29, 0.717) is 5.56 Å². The SMILES string of the molecule is CCNCc1ccc(N(C)CC(N)=O)c(C#N)c1. The Morgan fingerprint density at radius 3 is 2.83 bits per heavy atom. The van der Waals surface area contributed by atoms with Gasteiger partial charge in [0.05, 0.1) is 17.8 Å². The van der Waals surface area contributed by atoms with Crippen molar-refractivity contribution < 1.29 is 4.79 Å². The number of carbonyl (C=O) groups is 1. The van der Waals surface area contributed by atoms with Crippen LogP contribution in [0.3, 0.4) is 0 Å². The predicted molar refractivity (Wildman–Crippen MR) is 71.0 cm³/mol. The first-order valence-electron chi connectivity index (χ1n) is 5.81. The Morgan fingerprint density at radius 1 is 1.56 bits per heavy atom. The summed E-state index contributed by atoms with van der Waals surface area (Å²) < 4.78 is 0. The average molecular weight is 246 g/mol. The molecule has 5 heteroatoms. The summed E-state index contributed by atoms with van der Waals surface area (Å²) in [5, 5.41) is 12.3. The maximum Gasteiger partial charge on any atom is 0.236 e. The molecule has 0 aliphatic heterocycles. The van der Waals surface area contributed by atoms with Crippen LogP contribution in [0.15, 0.2) is 18.2 Å². The lowest BCUT2D eigenvalue weighted by Gasteiger charge is -2.19. The van der Waals surface area contributed by atoms with Crippen molar-refractivity contribution in [1.82, 2.24) is 5.32 Å². The van der Waals surface area contributed by atoms with E-state index in [2.05, 4.69) is 11.4 Å². The second kappa shape index (κ2) is 6.62. The quantitative estimate of drug-likeness (QED) is 0.769. The van der Waals surface area contributed by atoms with Crippen molar-refractivity contribution in [1.29, 1.82) is 5.26 Å². The average Bonchev–Trinajstić information content (AvgIpc) is 2.35. The Bertz CT molecular complexity index is 465. The molecule has 3 N–H and O–H groups in total. The Kier molecular flexibility index (Phi) is 5.15. The number of hydrogen-bond donors (Lipinski definition) is 2. The van der Waals surface area contributed by atoms with Gasteiger partial charge in [-0.1, -0.05) is 13.0 Å². The number of benzene rings is 1. The number of anilines is 1. The Labute approximate surface area is 107 Å². The van der Waals surface area contributed by atoms with Gasteiger partial charge in [-0.2, -0.15) is 5.26 Å². The number of nitrogens with one attached hydrogen (secondary N) is 1. The monoisotopic (exact) mass is 246 g/mol. The molecule has 0 aromatic heterocycles. The summed E-state index contributed by atoms with van der Waals surface area (Å²) in [4.78, 5) is 12.6. The van der Waals surface area contributed by atoms with Crippen LogP contribution in [0, 0.1) is 11.3 Å². The second-order valence-corrected chi connectivity index (χ2v) is 4.07. The minimum atomic E-state index is -0.418. The molecule has 0 atom stereocenters. The van der Waals surface area contributed by atoms with Crippen LogP contribution in [0.25, 0.3) is 0 Å². The number of primary amides is 1. The maximum absolute atomic E-state index is 10.9. The fourth-order valence-electron chi connectivity index (χ4n) is 1.70. The van der Waals surface area contributed by atoms with Gasteiger partial charge in [-0.3, -0.25) is 4.79 Å². The van der Waals surface area contributed by atoms with Crippen LogP contribution in [0.2, 0.25) is 0 Å². The molecule has 0 unspecified atom stereocenters. The Morgan fingerprint density at radius 2 is 2.28 bits per heavy atom. The number of nitrogens with two attached hydrogens (primary N) is 1. The van der Waals surface area contributed by atoms with Crippen molar-refractivity contribution in [3.63, 3.8) is 0 Å². The molecule has 18 heavy (non-hydrogen) atoms. The van der Waals surface area contributed by atoms with Crippen LogP contribution >= 0.6 is 0 Å². The molecule has 1 aromatic carbocycles. The van der Waals surface area contributed by atoms with E-state index < -0.39 is 5.91 Å². The maximum atomic E-state index is 10.9. The number of nitrogens with zero attached hydrogens (tertiary/aromatic N) is 2. The molecular weight excluding hydrogens is 228 g/mol. The molecule has 0 aliphatic rings. The van der Waals surface area contributed by atoms with Crippen LogP contribution in [0.1, 0.15) is 18.1 Å². The van der Waals surface area contributed by atoms with Crippen LogP contribution in [-0.2, 0) is 11.3 Å². The normalized spacial score (nSPS) is 9.83. The summed E-state index contributed by atoms with van der Waals surface area (Å²) in [6.07, 6.45) is 0. The van der Waals surface area contributed by atoms with E-state index in [0.717, 1.165) is 24.3 Å². The Balaban J connectivity index is 2.93. The topological polar surface area (TPSA) is 82.2 Å². The minimum absolute atomic E-state index is 0.0984. The largest absolute Gasteiger partial charge is 0.368 e. The lowest BCUT2D eigenvalue weighted by molar-refractivity contribution is -0.116. The molecule has 0 aliphatic carbocycles. The first-order valence-corrected chi connectivity index (χ1v) is 5.81. The van der Waals surface area contributed by atoms with Gasteiger partial charge in [-0.25, -0.2) is 0 Å². The third-order valence-electron chi connectivity index (χ3n) is 2.56. The van der Waals surface area contributed by atoms with E-state index in [4.69, 9.17) is 11.0 Å². The van der Waals surface area contributed by atoms with Crippen LogP contribution in [0.5, 0.6) is 0 Å². The zero-order valence-corrected chi connectivity index (χ0v) is 10.7. The van der Waals surface area contributed by atoms with Gasteiger partial charge in [-0.15, -0.1) is 0 Å². The van der Waals surface area contributed by atoms with Gasteiger partial charge in [0, 0.05) is 13.6 Å². The van der Waals surface area contributed by atoms with E-state index in [1.54, 1.807) is 11.9 Å². The molecule has 0 saturated heterocycles. The van der Waals surface area contributed by atoms with Gasteiger partial charge >= 0.3 is 0 Å². The van der Waals surface area contributed by atoms with Crippen molar-refractivity contribution in [2.24, 2.45) is 5.73 Å². The van der Waals surface area contributed by atoms with Gasteiger partial charge in [0.1, 0.15) is 6.07 Å². The summed E-state index contributed by atoms with van der Waals surface area (Å²) in [6.45, 7) is 3.73. The number of amides is 1. The number of likely N-dealkylation sites (N-methyl/N-ethyl adjacent to an activating group) is 1. The zero-order chi connectivity index (χ0) is 13.5. The summed E-state index contributed by atoms with van der Waals surface area (Å²) in [6, 6.07) is 7.76. The number of nitriles is 1. The van der Waals surface area contributed by atoms with Gasteiger partial charge in [0.25, 0.3) is 0 Å². The zero-order valence-electron chi connectivity index (χ0n) is 10.7. The van der Waals surface area contributed by atoms with Gasteiger partial charge in [-0.05, 0) is 24.2 Å².